The quantitative estimate of drug-likeness (QED) is 0.802. The van der Waals surface area contributed by atoms with Crippen molar-refractivity contribution in [3.05, 3.63) is 30.1 Å². The zero-order chi connectivity index (χ0) is 15.2. The number of nitrogens with one attached hydrogen (secondary N) is 1. The molecule has 1 amide bonds. The minimum absolute atomic E-state index is 0.217. The van der Waals surface area contributed by atoms with Crippen molar-refractivity contribution in [1.82, 2.24) is 5.32 Å². The summed E-state index contributed by atoms with van der Waals surface area (Å²) in [6.07, 6.45) is 0.537. The normalized spacial score (nSPS) is 10.9. The third-order valence-corrected chi connectivity index (χ3v) is 3.16. The molecule has 1 rings (SSSR count). The van der Waals surface area contributed by atoms with E-state index in [1.165, 1.54) is 18.2 Å². The predicted molar refractivity (Wildman–Crippen MR) is 71.0 cm³/mol. The molecule has 0 radical (unpaired) electrons. The zero-order valence-corrected chi connectivity index (χ0v) is 11.5. The first-order chi connectivity index (χ1) is 9.43. The average Bonchev–Trinajstić information content (AvgIpc) is 2.42. The highest BCUT2D eigenvalue weighted by Gasteiger charge is 2.36. The van der Waals surface area contributed by atoms with Gasteiger partial charge in [0.1, 0.15) is 17.1 Å². The minimum Gasteiger partial charge on any atom is -0.484 e. The maximum absolute atomic E-state index is 12.9. The van der Waals surface area contributed by atoms with Gasteiger partial charge < -0.3 is 15.2 Å². The van der Waals surface area contributed by atoms with Crippen molar-refractivity contribution in [2.24, 2.45) is 0 Å². The van der Waals surface area contributed by atoms with E-state index in [-0.39, 0.29) is 25.2 Å². The van der Waals surface area contributed by atoms with E-state index in [2.05, 4.69) is 5.32 Å². The second kappa shape index (κ2) is 6.88. The van der Waals surface area contributed by atoms with Crippen molar-refractivity contribution in [2.75, 3.05) is 6.61 Å². The Morgan fingerprint density at radius 3 is 2.50 bits per heavy atom. The highest BCUT2D eigenvalue weighted by Crippen LogP contribution is 2.16. The molecule has 0 unspecified atom stereocenters. The molecule has 110 valence electrons. The molecule has 0 aliphatic rings. The lowest BCUT2D eigenvalue weighted by atomic mass is 9.93. The van der Waals surface area contributed by atoms with Crippen molar-refractivity contribution < 1.29 is 23.8 Å². The summed E-state index contributed by atoms with van der Waals surface area (Å²) in [4.78, 5) is 23.0. The van der Waals surface area contributed by atoms with E-state index in [1.54, 1.807) is 13.8 Å². The molecule has 0 fully saturated rings. The summed E-state index contributed by atoms with van der Waals surface area (Å²) < 4.78 is 18.0. The molecule has 0 atom stereocenters. The monoisotopic (exact) mass is 283 g/mol. The Bertz CT molecular complexity index is 486. The Kier molecular flexibility index (Phi) is 5.49. The van der Waals surface area contributed by atoms with Gasteiger partial charge in [0.05, 0.1) is 0 Å². The van der Waals surface area contributed by atoms with Crippen molar-refractivity contribution in [2.45, 2.75) is 32.2 Å². The largest absolute Gasteiger partial charge is 0.484 e. The summed E-state index contributed by atoms with van der Waals surface area (Å²) in [7, 11) is 0. The molecule has 0 aliphatic heterocycles. The fourth-order valence-corrected chi connectivity index (χ4v) is 1.79. The van der Waals surface area contributed by atoms with Gasteiger partial charge in [-0.25, -0.2) is 9.18 Å². The SMILES string of the molecule is CCC(CC)(NC(=O)COc1cccc(F)c1)C(=O)O. The lowest BCUT2D eigenvalue weighted by Gasteiger charge is -2.27. The molecule has 0 aromatic heterocycles. The molecule has 0 heterocycles. The second-order valence-corrected chi connectivity index (χ2v) is 4.39. The molecule has 2 N–H and O–H groups in total. The molecule has 0 saturated carbocycles. The van der Waals surface area contributed by atoms with E-state index in [0.29, 0.717) is 0 Å². The molecule has 1 aromatic rings. The second-order valence-electron chi connectivity index (χ2n) is 4.39. The van der Waals surface area contributed by atoms with Crippen LogP contribution >= 0.6 is 0 Å². The van der Waals surface area contributed by atoms with Crippen LogP contribution in [0.2, 0.25) is 0 Å². The highest BCUT2D eigenvalue weighted by atomic mass is 19.1. The van der Waals surface area contributed by atoms with Crippen LogP contribution in [0.25, 0.3) is 0 Å². The van der Waals surface area contributed by atoms with Crippen LogP contribution in [0.3, 0.4) is 0 Å². The highest BCUT2D eigenvalue weighted by molar-refractivity contribution is 5.87. The van der Waals surface area contributed by atoms with Crippen molar-refractivity contribution in [1.29, 1.82) is 0 Å². The first-order valence-electron chi connectivity index (χ1n) is 6.36. The van der Waals surface area contributed by atoms with Crippen molar-refractivity contribution >= 4 is 11.9 Å². The van der Waals surface area contributed by atoms with Crippen LogP contribution in [0, 0.1) is 5.82 Å². The molecule has 1 aromatic carbocycles. The number of carboxylic acids is 1. The molecule has 0 bridgehead atoms. The fraction of sp³-hybridized carbons (Fsp3) is 0.429. The van der Waals surface area contributed by atoms with Gasteiger partial charge in [-0.1, -0.05) is 19.9 Å². The Balaban J connectivity index is 2.61. The topological polar surface area (TPSA) is 75.6 Å². The van der Waals surface area contributed by atoms with E-state index in [4.69, 9.17) is 4.74 Å². The summed E-state index contributed by atoms with van der Waals surface area (Å²) in [6.45, 7) is 3.01. The van der Waals surface area contributed by atoms with E-state index in [9.17, 15) is 19.1 Å². The number of rotatable bonds is 7. The third kappa shape index (κ3) is 3.94. The smallest absolute Gasteiger partial charge is 0.329 e. The van der Waals surface area contributed by atoms with Gasteiger partial charge in [0.15, 0.2) is 6.61 Å². The Morgan fingerprint density at radius 2 is 2.00 bits per heavy atom. The first-order valence-corrected chi connectivity index (χ1v) is 6.36. The van der Waals surface area contributed by atoms with Gasteiger partial charge in [-0.2, -0.15) is 0 Å². The zero-order valence-electron chi connectivity index (χ0n) is 11.5. The summed E-state index contributed by atoms with van der Waals surface area (Å²) >= 11 is 0. The van der Waals surface area contributed by atoms with Crippen molar-refractivity contribution in [3.8, 4) is 5.75 Å². The molecule has 5 nitrogen and oxygen atoms in total. The van der Waals surface area contributed by atoms with Crippen LogP contribution in [0.15, 0.2) is 24.3 Å². The van der Waals surface area contributed by atoms with Crippen molar-refractivity contribution in [3.63, 3.8) is 0 Å². The summed E-state index contributed by atoms with van der Waals surface area (Å²) in [5.74, 6) is -1.89. The van der Waals surface area contributed by atoms with Gasteiger partial charge in [0.25, 0.3) is 5.91 Å². The van der Waals surface area contributed by atoms with E-state index < -0.39 is 23.2 Å². The van der Waals surface area contributed by atoms with E-state index in [0.717, 1.165) is 6.07 Å². The van der Waals surface area contributed by atoms with Gasteiger partial charge in [0.2, 0.25) is 0 Å². The predicted octanol–water partition coefficient (Wildman–Crippen LogP) is 1.96. The number of ether oxygens (including phenoxy) is 1. The molecular weight excluding hydrogens is 265 g/mol. The molecule has 0 spiro atoms. The number of amides is 1. The van der Waals surface area contributed by atoms with Crippen LogP contribution in [-0.4, -0.2) is 29.1 Å². The van der Waals surface area contributed by atoms with Gasteiger partial charge in [-0.05, 0) is 25.0 Å². The lowest BCUT2D eigenvalue weighted by Crippen LogP contribution is -2.54. The molecule has 0 aliphatic carbocycles. The van der Waals surface area contributed by atoms with Gasteiger partial charge in [0, 0.05) is 6.07 Å². The number of hydrogen-bond donors (Lipinski definition) is 2. The van der Waals surface area contributed by atoms with E-state index in [1.807, 2.05) is 0 Å². The maximum atomic E-state index is 12.9. The Hall–Kier alpha value is -2.11. The third-order valence-electron chi connectivity index (χ3n) is 3.16. The Labute approximate surface area is 116 Å². The van der Waals surface area contributed by atoms with E-state index >= 15 is 0 Å². The molecule has 0 saturated heterocycles. The number of hydrogen-bond acceptors (Lipinski definition) is 3. The number of halogens is 1. The average molecular weight is 283 g/mol. The summed E-state index contributed by atoms with van der Waals surface area (Å²) in [5.41, 5.74) is -1.29. The minimum atomic E-state index is -1.29. The van der Waals surface area contributed by atoms with Crippen LogP contribution in [0.1, 0.15) is 26.7 Å². The fourth-order valence-electron chi connectivity index (χ4n) is 1.79. The lowest BCUT2D eigenvalue weighted by molar-refractivity contribution is -0.148. The number of carboxylic acid groups (broad SMARTS) is 1. The molecule has 20 heavy (non-hydrogen) atoms. The van der Waals surface area contributed by atoms with Gasteiger partial charge >= 0.3 is 5.97 Å². The van der Waals surface area contributed by atoms with Crippen LogP contribution in [0.4, 0.5) is 4.39 Å². The maximum Gasteiger partial charge on any atom is 0.329 e. The standard InChI is InChI=1S/C14H18FNO4/c1-3-14(4-2,13(18)19)16-12(17)9-20-11-7-5-6-10(15)8-11/h5-8H,3-4,9H2,1-2H3,(H,16,17)(H,18,19). The number of carbonyl (C=O) groups is 2. The van der Waals surface area contributed by atoms with Gasteiger partial charge in [-0.15, -0.1) is 0 Å². The number of carbonyl (C=O) groups excluding carboxylic acids is 1. The van der Waals surface area contributed by atoms with Crippen LogP contribution in [-0.2, 0) is 9.59 Å². The molecular formula is C14H18FNO4. The van der Waals surface area contributed by atoms with Crippen LogP contribution in [0.5, 0.6) is 5.75 Å². The first kappa shape index (κ1) is 15.9. The summed E-state index contributed by atoms with van der Waals surface area (Å²) in [5, 5.41) is 11.6. The Morgan fingerprint density at radius 1 is 1.35 bits per heavy atom. The van der Waals surface area contributed by atoms with Crippen LogP contribution < -0.4 is 10.1 Å². The number of benzene rings is 1. The molecule has 6 heteroatoms. The number of aliphatic carboxylic acids is 1. The summed E-state index contributed by atoms with van der Waals surface area (Å²) in [6, 6.07) is 5.39. The van der Waals surface area contributed by atoms with Gasteiger partial charge in [-0.3, -0.25) is 4.79 Å².